The normalized spacial score (nSPS) is 20.2. The van der Waals surface area contributed by atoms with Crippen molar-refractivity contribution < 1.29 is 14.2 Å². The van der Waals surface area contributed by atoms with Gasteiger partial charge in [-0.2, -0.15) is 0 Å². The Morgan fingerprint density at radius 1 is 1.32 bits per heavy atom. The van der Waals surface area contributed by atoms with Crippen molar-refractivity contribution in [1.29, 1.82) is 0 Å². The van der Waals surface area contributed by atoms with Gasteiger partial charge >= 0.3 is 0 Å². The smallest absolute Gasteiger partial charge is 0.120 e. The lowest BCUT2D eigenvalue weighted by atomic mass is 10.2. The van der Waals surface area contributed by atoms with Crippen LogP contribution in [0.25, 0.3) is 0 Å². The fraction of sp³-hybridized carbons (Fsp3) is 0.600. The predicted molar refractivity (Wildman–Crippen MR) is 74.9 cm³/mol. The Kier molecular flexibility index (Phi) is 5.48. The minimum absolute atomic E-state index is 0.134. The zero-order valence-corrected chi connectivity index (χ0v) is 11.7. The summed E-state index contributed by atoms with van der Waals surface area (Å²) in [5.74, 6) is 1.71. The van der Waals surface area contributed by atoms with Gasteiger partial charge in [-0.25, -0.2) is 0 Å². The molecule has 4 heteroatoms. The first-order chi connectivity index (χ1) is 9.28. The van der Waals surface area contributed by atoms with Gasteiger partial charge in [0.1, 0.15) is 17.6 Å². The second kappa shape index (κ2) is 7.36. The summed E-state index contributed by atoms with van der Waals surface area (Å²) >= 11 is 0. The summed E-state index contributed by atoms with van der Waals surface area (Å²) in [4.78, 5) is 0. The van der Waals surface area contributed by atoms with E-state index in [1.807, 2.05) is 24.3 Å². The number of methoxy groups -OCH3 is 1. The molecule has 2 rings (SSSR count). The Hall–Kier alpha value is -1.26. The quantitative estimate of drug-likeness (QED) is 0.820. The lowest BCUT2D eigenvalue weighted by Gasteiger charge is -2.17. The fourth-order valence-corrected chi connectivity index (χ4v) is 2.18. The van der Waals surface area contributed by atoms with E-state index in [0.29, 0.717) is 6.10 Å². The fourth-order valence-electron chi connectivity index (χ4n) is 2.18. The highest BCUT2D eigenvalue weighted by atomic mass is 16.5. The van der Waals surface area contributed by atoms with Crippen LogP contribution in [0.1, 0.15) is 19.8 Å². The van der Waals surface area contributed by atoms with Crippen molar-refractivity contribution in [2.45, 2.75) is 32.0 Å². The maximum Gasteiger partial charge on any atom is 0.120 e. The molecule has 19 heavy (non-hydrogen) atoms. The lowest BCUT2D eigenvalue weighted by molar-refractivity contribution is 0.106. The molecular formula is C15H23NO3. The van der Waals surface area contributed by atoms with Crippen molar-refractivity contribution in [2.75, 3.05) is 26.8 Å². The molecule has 0 aliphatic carbocycles. The topological polar surface area (TPSA) is 39.7 Å². The molecule has 1 aromatic carbocycles. The summed E-state index contributed by atoms with van der Waals surface area (Å²) in [7, 11) is 1.66. The van der Waals surface area contributed by atoms with Crippen molar-refractivity contribution in [3.05, 3.63) is 24.3 Å². The maximum atomic E-state index is 5.82. The average molecular weight is 265 g/mol. The molecule has 1 fully saturated rings. The van der Waals surface area contributed by atoms with Crippen LogP contribution in [-0.4, -0.2) is 39.0 Å². The minimum Gasteiger partial charge on any atom is -0.497 e. The van der Waals surface area contributed by atoms with Gasteiger partial charge in [0, 0.05) is 19.7 Å². The average Bonchev–Trinajstić information content (AvgIpc) is 2.93. The summed E-state index contributed by atoms with van der Waals surface area (Å²) in [6.45, 7) is 4.71. The monoisotopic (exact) mass is 265 g/mol. The molecule has 0 spiro atoms. The number of nitrogens with one attached hydrogen (secondary N) is 1. The van der Waals surface area contributed by atoms with Crippen molar-refractivity contribution in [3.8, 4) is 11.5 Å². The number of rotatable bonds is 7. The third-order valence-electron chi connectivity index (χ3n) is 3.22. The number of hydrogen-bond donors (Lipinski definition) is 1. The van der Waals surface area contributed by atoms with Crippen molar-refractivity contribution in [2.24, 2.45) is 0 Å². The molecule has 2 unspecified atom stereocenters. The summed E-state index contributed by atoms with van der Waals surface area (Å²) in [5.41, 5.74) is 0. The Morgan fingerprint density at radius 3 is 2.68 bits per heavy atom. The highest BCUT2D eigenvalue weighted by Crippen LogP contribution is 2.18. The van der Waals surface area contributed by atoms with Crippen LogP contribution < -0.4 is 14.8 Å². The molecule has 0 bridgehead atoms. The second-order valence-electron chi connectivity index (χ2n) is 4.90. The van der Waals surface area contributed by atoms with E-state index in [4.69, 9.17) is 14.2 Å². The van der Waals surface area contributed by atoms with E-state index in [1.165, 1.54) is 12.8 Å². The first kappa shape index (κ1) is 14.2. The molecule has 1 aliphatic rings. The van der Waals surface area contributed by atoms with Crippen LogP contribution in [0.5, 0.6) is 11.5 Å². The molecule has 4 nitrogen and oxygen atoms in total. The lowest BCUT2D eigenvalue weighted by Crippen LogP contribution is -2.34. The van der Waals surface area contributed by atoms with Gasteiger partial charge in [-0.1, -0.05) is 0 Å². The largest absolute Gasteiger partial charge is 0.497 e. The SMILES string of the molecule is COc1ccc(OC(C)CNCC2CCCO2)cc1. The Labute approximate surface area is 115 Å². The van der Waals surface area contributed by atoms with Crippen molar-refractivity contribution in [3.63, 3.8) is 0 Å². The van der Waals surface area contributed by atoms with Crippen LogP contribution >= 0.6 is 0 Å². The van der Waals surface area contributed by atoms with Gasteiger partial charge in [0.25, 0.3) is 0 Å². The van der Waals surface area contributed by atoms with Gasteiger partial charge < -0.3 is 19.5 Å². The van der Waals surface area contributed by atoms with Crippen molar-refractivity contribution >= 4 is 0 Å². The van der Waals surface area contributed by atoms with E-state index in [-0.39, 0.29) is 6.10 Å². The van der Waals surface area contributed by atoms with E-state index in [2.05, 4.69) is 12.2 Å². The zero-order chi connectivity index (χ0) is 13.5. The van der Waals surface area contributed by atoms with Crippen LogP contribution in [0, 0.1) is 0 Å². The molecule has 1 N–H and O–H groups in total. The Bertz CT molecular complexity index is 360. The minimum atomic E-state index is 0.134. The van der Waals surface area contributed by atoms with E-state index in [0.717, 1.165) is 31.2 Å². The van der Waals surface area contributed by atoms with Gasteiger partial charge in [-0.05, 0) is 44.0 Å². The van der Waals surface area contributed by atoms with Crippen LogP contribution in [0.3, 0.4) is 0 Å². The molecule has 2 atom stereocenters. The summed E-state index contributed by atoms with van der Waals surface area (Å²) in [6.07, 6.45) is 2.87. The number of benzene rings is 1. The molecule has 0 aromatic heterocycles. The molecule has 1 saturated heterocycles. The molecular weight excluding hydrogens is 242 g/mol. The van der Waals surface area contributed by atoms with Crippen LogP contribution in [0.15, 0.2) is 24.3 Å². The Morgan fingerprint density at radius 2 is 2.05 bits per heavy atom. The summed E-state index contributed by atoms with van der Waals surface area (Å²) in [5, 5.41) is 3.40. The summed E-state index contributed by atoms with van der Waals surface area (Å²) in [6, 6.07) is 7.66. The molecule has 1 heterocycles. The molecule has 1 aliphatic heterocycles. The van der Waals surface area contributed by atoms with E-state index in [1.54, 1.807) is 7.11 Å². The van der Waals surface area contributed by atoms with Gasteiger partial charge in [0.2, 0.25) is 0 Å². The zero-order valence-electron chi connectivity index (χ0n) is 11.7. The standard InChI is InChI=1S/C15H23NO3/c1-12(10-16-11-15-4-3-9-18-15)19-14-7-5-13(17-2)6-8-14/h5-8,12,15-16H,3-4,9-11H2,1-2H3. The van der Waals surface area contributed by atoms with Crippen molar-refractivity contribution in [1.82, 2.24) is 5.32 Å². The number of ether oxygens (including phenoxy) is 3. The summed E-state index contributed by atoms with van der Waals surface area (Å²) < 4.78 is 16.5. The van der Waals surface area contributed by atoms with E-state index < -0.39 is 0 Å². The third-order valence-corrected chi connectivity index (χ3v) is 3.22. The van der Waals surface area contributed by atoms with Gasteiger partial charge in [0.05, 0.1) is 13.2 Å². The molecule has 0 amide bonds. The highest BCUT2D eigenvalue weighted by molar-refractivity contribution is 5.31. The van der Waals surface area contributed by atoms with Gasteiger partial charge in [-0.15, -0.1) is 0 Å². The van der Waals surface area contributed by atoms with Crippen LogP contribution in [0.2, 0.25) is 0 Å². The first-order valence-electron chi connectivity index (χ1n) is 6.91. The van der Waals surface area contributed by atoms with Crippen LogP contribution in [-0.2, 0) is 4.74 Å². The molecule has 0 radical (unpaired) electrons. The highest BCUT2D eigenvalue weighted by Gasteiger charge is 2.15. The van der Waals surface area contributed by atoms with Crippen LogP contribution in [0.4, 0.5) is 0 Å². The predicted octanol–water partition coefficient (Wildman–Crippen LogP) is 2.23. The first-order valence-corrected chi connectivity index (χ1v) is 6.91. The van der Waals surface area contributed by atoms with E-state index >= 15 is 0 Å². The van der Waals surface area contributed by atoms with Gasteiger partial charge in [0.15, 0.2) is 0 Å². The van der Waals surface area contributed by atoms with E-state index in [9.17, 15) is 0 Å². The molecule has 0 saturated carbocycles. The van der Waals surface area contributed by atoms with Gasteiger partial charge in [-0.3, -0.25) is 0 Å². The molecule has 1 aromatic rings. The molecule has 106 valence electrons. The maximum absolute atomic E-state index is 5.82. The number of hydrogen-bond acceptors (Lipinski definition) is 4. The third kappa shape index (κ3) is 4.73. The Balaban J connectivity index is 1.66. The second-order valence-corrected chi connectivity index (χ2v) is 4.90.